The van der Waals surface area contributed by atoms with Crippen molar-refractivity contribution in [1.82, 2.24) is 0 Å². The topological polar surface area (TPSA) is 59.8 Å². The van der Waals surface area contributed by atoms with Crippen LogP contribution in [0.1, 0.15) is 28.4 Å². The van der Waals surface area contributed by atoms with E-state index in [1.54, 1.807) is 6.92 Å². The molecule has 0 aliphatic rings. The molecule has 0 aliphatic heterocycles. The Morgan fingerprint density at radius 3 is 2.43 bits per heavy atom. The average molecular weight is 424 g/mol. The van der Waals surface area contributed by atoms with Crippen LogP contribution in [0.3, 0.4) is 0 Å². The van der Waals surface area contributed by atoms with E-state index in [-0.39, 0.29) is 12.5 Å². The van der Waals surface area contributed by atoms with Gasteiger partial charge in [-0.3, -0.25) is 4.79 Å². The van der Waals surface area contributed by atoms with Crippen molar-refractivity contribution in [2.45, 2.75) is 20.4 Å². The molecular formula is C24H27N2O3S+. The number of hydrogen-bond donors (Lipinski definition) is 2. The van der Waals surface area contributed by atoms with E-state index >= 15 is 0 Å². The van der Waals surface area contributed by atoms with Crippen molar-refractivity contribution in [1.29, 1.82) is 0 Å². The number of benzene rings is 2. The van der Waals surface area contributed by atoms with E-state index in [4.69, 9.17) is 4.74 Å². The van der Waals surface area contributed by atoms with Gasteiger partial charge in [0, 0.05) is 16.5 Å². The Kier molecular flexibility index (Phi) is 7.38. The van der Waals surface area contributed by atoms with Gasteiger partial charge in [0.1, 0.15) is 17.1 Å². The molecule has 1 amide bonds. The first-order valence-corrected chi connectivity index (χ1v) is 10.9. The van der Waals surface area contributed by atoms with Gasteiger partial charge in [-0.15, -0.1) is 11.3 Å². The number of carbonyl (C=O) groups excluding carboxylic acids is 2. The lowest BCUT2D eigenvalue weighted by atomic mass is 10.0. The van der Waals surface area contributed by atoms with Gasteiger partial charge >= 0.3 is 5.97 Å². The molecule has 0 fully saturated rings. The molecule has 2 N–H and O–H groups in total. The fourth-order valence-corrected chi connectivity index (χ4v) is 4.23. The molecule has 0 saturated carbocycles. The van der Waals surface area contributed by atoms with Gasteiger partial charge < -0.3 is 15.0 Å². The number of carbonyl (C=O) groups is 2. The van der Waals surface area contributed by atoms with Crippen molar-refractivity contribution in [2.75, 3.05) is 25.5 Å². The maximum atomic E-state index is 12.7. The van der Waals surface area contributed by atoms with E-state index in [2.05, 4.69) is 5.32 Å². The highest BCUT2D eigenvalue weighted by Crippen LogP contribution is 2.36. The number of likely N-dealkylation sites (N-methyl/N-ethyl adjacent to an activating group) is 1. The highest BCUT2D eigenvalue weighted by molar-refractivity contribution is 7.15. The van der Waals surface area contributed by atoms with E-state index in [1.807, 2.05) is 73.9 Å². The molecule has 0 aliphatic carbocycles. The van der Waals surface area contributed by atoms with Crippen LogP contribution in [0.25, 0.3) is 11.1 Å². The van der Waals surface area contributed by atoms with E-state index in [0.29, 0.717) is 17.1 Å². The highest BCUT2D eigenvalue weighted by Gasteiger charge is 2.23. The lowest BCUT2D eigenvalue weighted by Gasteiger charge is -2.14. The van der Waals surface area contributed by atoms with Crippen LogP contribution in [0.5, 0.6) is 0 Å². The molecule has 1 heterocycles. The molecule has 2 aromatic carbocycles. The van der Waals surface area contributed by atoms with Crippen LogP contribution in [0, 0.1) is 6.92 Å². The standard InChI is InChI=1S/C24H26N2O3S/c1-4-29-24(28)22-20(19-12-10-17(2)11-13-19)16-30-23(22)25-21(27)15-26(3)14-18-8-6-5-7-9-18/h5-13,16H,4,14-15H2,1-3H3,(H,25,27)/p+1. The van der Waals surface area contributed by atoms with Crippen LogP contribution in [0.15, 0.2) is 60.0 Å². The Labute approximate surface area is 181 Å². The molecule has 3 rings (SSSR count). The number of amides is 1. The van der Waals surface area contributed by atoms with E-state index in [0.717, 1.165) is 28.1 Å². The number of quaternary nitrogens is 1. The maximum Gasteiger partial charge on any atom is 0.341 e. The number of rotatable bonds is 8. The smallest absolute Gasteiger partial charge is 0.341 e. The summed E-state index contributed by atoms with van der Waals surface area (Å²) in [7, 11) is 1.98. The SMILES string of the molecule is CCOC(=O)c1c(-c2ccc(C)cc2)csc1NC(=O)C[NH+](C)Cc1ccccc1. The average Bonchev–Trinajstić information content (AvgIpc) is 3.12. The molecule has 0 radical (unpaired) electrons. The van der Waals surface area contributed by atoms with Gasteiger partial charge in [-0.05, 0) is 19.4 Å². The number of ether oxygens (including phenoxy) is 1. The maximum absolute atomic E-state index is 12.7. The summed E-state index contributed by atoms with van der Waals surface area (Å²) >= 11 is 1.35. The van der Waals surface area contributed by atoms with Gasteiger partial charge in [-0.25, -0.2) is 4.79 Å². The first kappa shape index (κ1) is 21.7. The van der Waals surface area contributed by atoms with Crippen molar-refractivity contribution < 1.29 is 19.2 Å². The fraction of sp³-hybridized carbons (Fsp3) is 0.250. The molecule has 156 valence electrons. The first-order valence-electron chi connectivity index (χ1n) is 9.98. The Morgan fingerprint density at radius 2 is 1.77 bits per heavy atom. The molecule has 0 saturated heterocycles. The Balaban J connectivity index is 1.76. The number of esters is 1. The van der Waals surface area contributed by atoms with Gasteiger partial charge in [-0.2, -0.15) is 0 Å². The van der Waals surface area contributed by atoms with Crippen LogP contribution < -0.4 is 10.2 Å². The molecule has 30 heavy (non-hydrogen) atoms. The second kappa shape index (κ2) is 10.2. The van der Waals surface area contributed by atoms with Crippen molar-refractivity contribution in [3.8, 4) is 11.1 Å². The minimum Gasteiger partial charge on any atom is -0.462 e. The van der Waals surface area contributed by atoms with Crippen LogP contribution in [0.2, 0.25) is 0 Å². The van der Waals surface area contributed by atoms with E-state index in [1.165, 1.54) is 16.9 Å². The van der Waals surface area contributed by atoms with Crippen molar-refractivity contribution >= 4 is 28.2 Å². The molecular weight excluding hydrogens is 396 g/mol. The Hall–Kier alpha value is -2.96. The number of thiophene rings is 1. The quantitative estimate of drug-likeness (QED) is 0.545. The molecule has 3 aromatic rings. The molecule has 1 aromatic heterocycles. The summed E-state index contributed by atoms with van der Waals surface area (Å²) < 4.78 is 5.27. The zero-order valence-corrected chi connectivity index (χ0v) is 18.3. The molecule has 1 atom stereocenters. The van der Waals surface area contributed by atoms with Crippen LogP contribution in [-0.2, 0) is 16.1 Å². The molecule has 0 bridgehead atoms. The Bertz CT molecular complexity index is 997. The van der Waals surface area contributed by atoms with Crippen LogP contribution in [0.4, 0.5) is 5.00 Å². The molecule has 1 unspecified atom stereocenters. The monoisotopic (exact) mass is 423 g/mol. The third kappa shape index (κ3) is 5.55. The van der Waals surface area contributed by atoms with Gasteiger partial charge in [0.15, 0.2) is 6.54 Å². The number of aryl methyl sites for hydroxylation is 1. The molecule has 5 nitrogen and oxygen atoms in total. The summed E-state index contributed by atoms with van der Waals surface area (Å²) in [6.07, 6.45) is 0. The number of hydrogen-bond acceptors (Lipinski definition) is 4. The minimum absolute atomic E-state index is 0.133. The van der Waals surface area contributed by atoms with Gasteiger partial charge in [-0.1, -0.05) is 60.2 Å². The summed E-state index contributed by atoms with van der Waals surface area (Å²) in [5, 5.41) is 5.35. The Morgan fingerprint density at radius 1 is 1.07 bits per heavy atom. The van der Waals surface area contributed by atoms with Gasteiger partial charge in [0.2, 0.25) is 0 Å². The van der Waals surface area contributed by atoms with Crippen LogP contribution in [-0.4, -0.2) is 32.1 Å². The third-order valence-electron chi connectivity index (χ3n) is 4.70. The van der Waals surface area contributed by atoms with E-state index in [9.17, 15) is 9.59 Å². The summed E-state index contributed by atoms with van der Waals surface area (Å²) in [5.41, 5.74) is 4.43. The zero-order chi connectivity index (χ0) is 21.5. The molecule has 0 spiro atoms. The minimum atomic E-state index is -0.422. The summed E-state index contributed by atoms with van der Waals surface area (Å²) in [5.74, 6) is -0.555. The third-order valence-corrected chi connectivity index (χ3v) is 5.59. The first-order chi connectivity index (χ1) is 14.5. The van der Waals surface area contributed by atoms with Gasteiger partial charge in [0.25, 0.3) is 5.91 Å². The number of anilines is 1. The second-order valence-electron chi connectivity index (χ2n) is 7.28. The van der Waals surface area contributed by atoms with Crippen LogP contribution >= 0.6 is 11.3 Å². The van der Waals surface area contributed by atoms with Crippen molar-refractivity contribution in [3.63, 3.8) is 0 Å². The van der Waals surface area contributed by atoms with Crippen molar-refractivity contribution in [2.24, 2.45) is 0 Å². The zero-order valence-electron chi connectivity index (χ0n) is 17.5. The number of nitrogens with one attached hydrogen (secondary N) is 2. The summed E-state index contributed by atoms with van der Waals surface area (Å²) in [4.78, 5) is 26.4. The largest absolute Gasteiger partial charge is 0.462 e. The van der Waals surface area contributed by atoms with E-state index < -0.39 is 5.97 Å². The second-order valence-corrected chi connectivity index (χ2v) is 8.16. The van der Waals surface area contributed by atoms with Crippen molar-refractivity contribution in [3.05, 3.63) is 76.7 Å². The predicted octanol–water partition coefficient (Wildman–Crippen LogP) is 3.55. The summed E-state index contributed by atoms with van der Waals surface area (Å²) in [6, 6.07) is 18.0. The summed E-state index contributed by atoms with van der Waals surface area (Å²) in [6.45, 7) is 5.12. The highest BCUT2D eigenvalue weighted by atomic mass is 32.1. The van der Waals surface area contributed by atoms with Gasteiger partial charge in [0.05, 0.1) is 13.7 Å². The predicted molar refractivity (Wildman–Crippen MR) is 121 cm³/mol. The fourth-order valence-electron chi connectivity index (χ4n) is 3.25. The normalized spacial score (nSPS) is 11.7. The lowest BCUT2D eigenvalue weighted by molar-refractivity contribution is -0.885. The lowest BCUT2D eigenvalue weighted by Crippen LogP contribution is -3.08. The molecule has 6 heteroatoms.